The number of benzene rings is 1. The van der Waals surface area contributed by atoms with E-state index >= 15 is 0 Å². The van der Waals surface area contributed by atoms with Gasteiger partial charge in [-0.05, 0) is 12.5 Å². The van der Waals surface area contributed by atoms with E-state index in [1.807, 2.05) is 0 Å². The molecule has 20 heavy (non-hydrogen) atoms. The van der Waals surface area contributed by atoms with Crippen LogP contribution in [0.25, 0.3) is 0 Å². The van der Waals surface area contributed by atoms with Gasteiger partial charge in [-0.3, -0.25) is 10.1 Å². The zero-order valence-electron chi connectivity index (χ0n) is 11.1. The van der Waals surface area contributed by atoms with Gasteiger partial charge in [0, 0.05) is 12.1 Å². The maximum Gasteiger partial charge on any atom is 1.00 e. The molecule has 0 saturated carbocycles. The van der Waals surface area contributed by atoms with Crippen molar-refractivity contribution in [3.05, 3.63) is 39.9 Å². The molecule has 0 heterocycles. The van der Waals surface area contributed by atoms with Gasteiger partial charge >= 0.3 is 29.6 Å². The second-order valence-corrected chi connectivity index (χ2v) is 5.20. The first-order valence-corrected chi connectivity index (χ1v) is 6.78. The molecule has 1 aromatic rings. The zero-order valence-corrected chi connectivity index (χ0v) is 14.0. The maximum absolute atomic E-state index is 11.3. The van der Waals surface area contributed by atoms with Crippen molar-refractivity contribution >= 4 is 13.9 Å². The van der Waals surface area contributed by atoms with Crippen molar-refractivity contribution in [2.24, 2.45) is 0 Å². The van der Waals surface area contributed by atoms with E-state index in [4.69, 9.17) is 5.11 Å². The maximum atomic E-state index is 11.3. The Balaban J connectivity index is 0.00000361. The Morgan fingerprint density at radius 1 is 1.40 bits per heavy atom. The number of rotatable bonds is 7. The van der Waals surface area contributed by atoms with Gasteiger partial charge in [-0.15, -0.1) is 0 Å². The van der Waals surface area contributed by atoms with E-state index in [2.05, 4.69) is 9.05 Å². The van der Waals surface area contributed by atoms with Crippen LogP contribution < -0.4 is 39.3 Å². The summed E-state index contributed by atoms with van der Waals surface area (Å²) in [7, 11) is -4.53. The van der Waals surface area contributed by atoms with E-state index < -0.39 is 25.8 Å². The summed E-state index contributed by atoms with van der Waals surface area (Å²) in [5, 5.41) is 19.4. The summed E-state index contributed by atoms with van der Waals surface area (Å²) in [6, 6.07) is 5.39. The van der Waals surface area contributed by atoms with E-state index in [1.165, 1.54) is 31.2 Å². The molecule has 1 N–H and O–H groups in total. The molecular formula is C10H13NNaO7P. The molecule has 0 bridgehead atoms. The van der Waals surface area contributed by atoms with Crippen LogP contribution in [0.4, 0.5) is 5.69 Å². The van der Waals surface area contributed by atoms with Gasteiger partial charge in [0.05, 0.1) is 11.0 Å². The molecule has 1 aromatic carbocycles. The van der Waals surface area contributed by atoms with Gasteiger partial charge in [0.1, 0.15) is 13.2 Å². The van der Waals surface area contributed by atoms with Gasteiger partial charge in [0.2, 0.25) is 0 Å². The molecular weight excluding hydrogens is 300 g/mol. The Morgan fingerprint density at radius 2 is 2.05 bits per heavy atom. The van der Waals surface area contributed by atoms with Crippen molar-refractivity contribution in [3.63, 3.8) is 0 Å². The molecule has 0 aliphatic carbocycles. The third-order valence-electron chi connectivity index (χ3n) is 1.98. The first-order chi connectivity index (χ1) is 8.80. The third-order valence-corrected chi connectivity index (χ3v) is 2.90. The number of nitrogens with zero attached hydrogens (tertiary/aromatic N) is 1. The molecule has 1 atom stereocenters. The Labute approximate surface area is 138 Å². The van der Waals surface area contributed by atoms with Crippen LogP contribution in [0.1, 0.15) is 12.5 Å². The quantitative estimate of drug-likeness (QED) is 0.244. The molecule has 1 unspecified atom stereocenters. The average molecular weight is 313 g/mol. The van der Waals surface area contributed by atoms with Gasteiger partial charge in [-0.1, -0.05) is 12.1 Å². The van der Waals surface area contributed by atoms with E-state index in [0.29, 0.717) is 5.56 Å². The van der Waals surface area contributed by atoms with E-state index in [9.17, 15) is 19.9 Å². The summed E-state index contributed by atoms with van der Waals surface area (Å²) in [6.07, 6.45) is -0.941. The molecule has 106 valence electrons. The van der Waals surface area contributed by atoms with Crippen LogP contribution in [0.2, 0.25) is 0 Å². The molecule has 0 saturated heterocycles. The SMILES string of the molecule is CC(O)CO[P+]([O-])([O-])OCc1cccc([N+](=O)[O-])c1.[Na+]. The standard InChI is InChI=1S/C10H14NO7P.Na/c1-8(12)6-17-19(15,16)18-7-9-3-2-4-10(5-9)11(13)14;/h2-5,8,12H,6-7H2,1H3,(H,15,16);/q;+1/p-1. The van der Waals surface area contributed by atoms with Crippen LogP contribution in [0.5, 0.6) is 0 Å². The third kappa shape index (κ3) is 7.58. The second-order valence-electron chi connectivity index (χ2n) is 3.79. The number of hydrogen-bond donors (Lipinski definition) is 1. The van der Waals surface area contributed by atoms with Crippen LogP contribution in [0.3, 0.4) is 0 Å². The van der Waals surface area contributed by atoms with E-state index in [0.717, 1.165) is 0 Å². The topological polar surface area (TPSA) is 128 Å². The van der Waals surface area contributed by atoms with Gasteiger partial charge in [-0.25, -0.2) is 9.05 Å². The number of aliphatic hydroxyl groups excluding tert-OH is 1. The van der Waals surface area contributed by atoms with Crippen molar-refractivity contribution in [1.29, 1.82) is 0 Å². The number of hydrogen-bond acceptors (Lipinski definition) is 7. The monoisotopic (exact) mass is 313 g/mol. The van der Waals surface area contributed by atoms with Crippen LogP contribution in [-0.4, -0.2) is 22.7 Å². The molecule has 8 nitrogen and oxygen atoms in total. The first kappa shape index (κ1) is 19.9. The van der Waals surface area contributed by atoms with Crippen molar-refractivity contribution in [2.45, 2.75) is 19.6 Å². The number of non-ortho nitro benzene ring substituents is 1. The fourth-order valence-electron chi connectivity index (χ4n) is 1.15. The Hall–Kier alpha value is -0.150. The summed E-state index contributed by atoms with van der Waals surface area (Å²) >= 11 is 0. The number of nitro benzene ring substituents is 1. The Bertz CT molecular complexity index is 443. The molecule has 0 radical (unpaired) electrons. The fraction of sp³-hybridized carbons (Fsp3) is 0.400. The Morgan fingerprint density at radius 3 is 2.60 bits per heavy atom. The smallest absolute Gasteiger partial charge is 0.635 e. The van der Waals surface area contributed by atoms with Crippen LogP contribution in [0, 0.1) is 10.1 Å². The molecule has 0 fully saturated rings. The van der Waals surface area contributed by atoms with Crippen LogP contribution in [-0.2, 0) is 15.7 Å². The summed E-state index contributed by atoms with van der Waals surface area (Å²) in [6.45, 7) is 0.582. The normalized spacial score (nSPS) is 12.6. The van der Waals surface area contributed by atoms with Crippen molar-refractivity contribution in [3.8, 4) is 0 Å². The van der Waals surface area contributed by atoms with Crippen LogP contribution in [0.15, 0.2) is 24.3 Å². The average Bonchev–Trinajstić information content (AvgIpc) is 2.35. The largest absolute Gasteiger partial charge is 1.00 e. The predicted molar refractivity (Wildman–Crippen MR) is 62.4 cm³/mol. The predicted octanol–water partition coefficient (Wildman–Crippen LogP) is -3.09. The molecule has 0 aliphatic rings. The van der Waals surface area contributed by atoms with E-state index in [-0.39, 0.29) is 41.9 Å². The second kappa shape index (κ2) is 8.99. The van der Waals surface area contributed by atoms with Gasteiger partial charge < -0.3 is 14.9 Å². The minimum Gasteiger partial charge on any atom is -0.635 e. The summed E-state index contributed by atoms with van der Waals surface area (Å²) in [4.78, 5) is 32.5. The Kier molecular flexibility index (Phi) is 8.92. The molecule has 0 aromatic heterocycles. The summed E-state index contributed by atoms with van der Waals surface area (Å²) in [5.74, 6) is 0. The number of nitro groups is 1. The minimum atomic E-state index is -4.53. The first-order valence-electron chi connectivity index (χ1n) is 5.32. The zero-order chi connectivity index (χ0) is 14.5. The molecule has 0 spiro atoms. The molecule has 0 aliphatic heterocycles. The fourth-order valence-corrected chi connectivity index (χ4v) is 1.93. The molecule has 1 rings (SSSR count). The van der Waals surface area contributed by atoms with Gasteiger partial charge in [-0.2, -0.15) is 0 Å². The summed E-state index contributed by atoms with van der Waals surface area (Å²) < 4.78 is 8.93. The number of aliphatic hydroxyl groups is 1. The van der Waals surface area contributed by atoms with E-state index in [1.54, 1.807) is 0 Å². The van der Waals surface area contributed by atoms with Crippen molar-refractivity contribution in [1.82, 2.24) is 0 Å². The molecule has 0 amide bonds. The number of phosphoric acid groups is 1. The summed E-state index contributed by atoms with van der Waals surface area (Å²) in [5.41, 5.74) is 0.164. The van der Waals surface area contributed by atoms with Crippen molar-refractivity contribution in [2.75, 3.05) is 6.61 Å². The van der Waals surface area contributed by atoms with Gasteiger partial charge in [0.15, 0.2) is 8.17 Å². The van der Waals surface area contributed by atoms with Gasteiger partial charge in [0.25, 0.3) is 5.69 Å². The minimum absolute atomic E-state index is 0. The molecule has 10 heteroatoms. The number of phosphoric ester groups is 1. The van der Waals surface area contributed by atoms with Crippen molar-refractivity contribution < 1.29 is 58.4 Å². The van der Waals surface area contributed by atoms with Crippen LogP contribution >= 0.6 is 8.17 Å².